The Morgan fingerprint density at radius 1 is 1.08 bits per heavy atom. The molecule has 1 unspecified atom stereocenters. The first kappa shape index (κ1) is 19.5. The lowest BCUT2D eigenvalue weighted by atomic mass is 10.2. The molecule has 3 nitrogen and oxygen atoms in total. The quantitative estimate of drug-likeness (QED) is 0.491. The van der Waals surface area contributed by atoms with Crippen LogP contribution in [0.5, 0.6) is 0 Å². The van der Waals surface area contributed by atoms with Gasteiger partial charge >= 0.3 is 0 Å². The van der Waals surface area contributed by atoms with E-state index in [2.05, 4.69) is 58.4 Å². The van der Waals surface area contributed by atoms with Crippen LogP contribution in [0, 0.1) is 11.5 Å². The van der Waals surface area contributed by atoms with Gasteiger partial charge in [0.1, 0.15) is 14.5 Å². The Kier molecular flexibility index (Phi) is 6.24. The van der Waals surface area contributed by atoms with Crippen molar-refractivity contribution >= 4 is 20.2 Å². The van der Waals surface area contributed by atoms with E-state index in [4.69, 9.17) is 0 Å². The summed E-state index contributed by atoms with van der Waals surface area (Å²) in [5, 5.41) is 0. The first-order valence-corrected chi connectivity index (χ1v) is 11.5. The van der Waals surface area contributed by atoms with Crippen LogP contribution in [0.1, 0.15) is 53.5 Å². The second-order valence-corrected chi connectivity index (χ2v) is 13.4. The Hall–Kier alpha value is -1.86. The average molecular weight is 356 g/mol. The number of hydrazine groups is 1. The smallest absolute Gasteiger partial charge is 0.269 e. The maximum Gasteiger partial charge on any atom is 0.282 e. The molecule has 1 heterocycles. The van der Waals surface area contributed by atoms with E-state index in [-0.39, 0.29) is 11.9 Å². The predicted molar refractivity (Wildman–Crippen MR) is 107 cm³/mol. The summed E-state index contributed by atoms with van der Waals surface area (Å²) >= 11 is 0. The molecule has 25 heavy (non-hydrogen) atoms. The zero-order valence-corrected chi connectivity index (χ0v) is 17.3. The molecule has 1 aliphatic rings. The number of nitrogens with one attached hydrogen (secondary N) is 1. The highest BCUT2D eigenvalue weighted by atomic mass is 28.3. The first-order valence-electron chi connectivity index (χ1n) is 9.27. The van der Waals surface area contributed by atoms with Gasteiger partial charge in [-0.2, -0.15) is 0 Å². The highest BCUT2D eigenvalue weighted by Crippen LogP contribution is 2.40. The lowest BCUT2D eigenvalue weighted by Gasteiger charge is -2.38. The number of hydrogen-bond acceptors (Lipinski definition) is 1. The van der Waals surface area contributed by atoms with Crippen molar-refractivity contribution < 1.29 is 9.48 Å². The lowest BCUT2D eigenvalue weighted by Crippen LogP contribution is -2.43. The van der Waals surface area contributed by atoms with Crippen LogP contribution in [0.25, 0.3) is 0 Å². The molecule has 2 rings (SSSR count). The molecule has 1 aromatic carbocycles. The lowest BCUT2D eigenvalue weighted by molar-refractivity contribution is -0.575. The number of carbonyl (C=O) groups excluding carboxylic acids is 1. The van der Waals surface area contributed by atoms with Gasteiger partial charge in [0.25, 0.3) is 5.91 Å². The minimum absolute atomic E-state index is 0.0392. The van der Waals surface area contributed by atoms with Gasteiger partial charge < -0.3 is 0 Å². The van der Waals surface area contributed by atoms with E-state index in [1.807, 2.05) is 41.2 Å². The van der Waals surface area contributed by atoms with Crippen LogP contribution in [0.15, 0.2) is 30.3 Å². The molecular weight excluding hydrogens is 324 g/mol. The Morgan fingerprint density at radius 3 is 2.16 bits per heavy atom. The van der Waals surface area contributed by atoms with E-state index < -0.39 is 8.07 Å². The molecule has 4 heteroatoms. The topological polar surface area (TPSA) is 32.1 Å². The van der Waals surface area contributed by atoms with Crippen molar-refractivity contribution in [3.8, 4) is 11.5 Å². The highest BCUT2D eigenvalue weighted by Gasteiger charge is 2.42. The molecule has 1 amide bonds. The molecule has 1 aliphatic heterocycles. The van der Waals surface area contributed by atoms with Gasteiger partial charge in [0.05, 0.1) is 0 Å². The molecule has 1 fully saturated rings. The fourth-order valence-electron chi connectivity index (χ4n) is 4.13. The van der Waals surface area contributed by atoms with Crippen LogP contribution in [0.2, 0.25) is 16.6 Å². The third-order valence-electron chi connectivity index (χ3n) is 5.38. The summed E-state index contributed by atoms with van der Waals surface area (Å²) in [5.41, 5.74) is 9.52. The fraction of sp³-hybridized carbons (Fsp3) is 0.524. The van der Waals surface area contributed by atoms with Gasteiger partial charge in [0.2, 0.25) is 12.3 Å². The summed E-state index contributed by atoms with van der Waals surface area (Å²) in [6.45, 7) is 13.9. The number of carbonyl (C=O) groups is 1. The van der Waals surface area contributed by atoms with E-state index in [0.29, 0.717) is 23.0 Å². The van der Waals surface area contributed by atoms with Crippen LogP contribution in [-0.2, 0) is 4.79 Å². The minimum atomic E-state index is -1.78. The molecule has 1 aromatic rings. The number of hydrazone groups is 1. The van der Waals surface area contributed by atoms with Gasteiger partial charge in [-0.1, -0.05) is 64.4 Å². The van der Waals surface area contributed by atoms with Crippen LogP contribution in [-0.4, -0.2) is 30.9 Å². The Bertz CT molecular complexity index is 674. The normalized spacial score (nSPS) is 19.5. The molecule has 1 atom stereocenters. The van der Waals surface area contributed by atoms with E-state index >= 15 is 0 Å². The number of amides is 1. The van der Waals surface area contributed by atoms with Crippen molar-refractivity contribution in [2.75, 3.05) is 0 Å². The van der Waals surface area contributed by atoms with Gasteiger partial charge in [-0.25, -0.2) is 0 Å². The summed E-state index contributed by atoms with van der Waals surface area (Å²) in [5.74, 6) is 3.53. The molecule has 1 saturated heterocycles. The molecule has 0 spiro atoms. The highest BCUT2D eigenvalue weighted by molar-refractivity contribution is 6.90. The van der Waals surface area contributed by atoms with Crippen molar-refractivity contribution in [2.45, 2.75) is 70.6 Å². The average Bonchev–Trinajstić information content (AvgIpc) is 2.87. The van der Waals surface area contributed by atoms with E-state index in [9.17, 15) is 4.79 Å². The molecule has 0 aliphatic carbocycles. The van der Waals surface area contributed by atoms with Crippen molar-refractivity contribution in [2.24, 2.45) is 0 Å². The number of benzene rings is 1. The molecule has 0 bridgehead atoms. The van der Waals surface area contributed by atoms with Gasteiger partial charge in [0.15, 0.2) is 0 Å². The van der Waals surface area contributed by atoms with Crippen molar-refractivity contribution in [1.29, 1.82) is 0 Å². The summed E-state index contributed by atoms with van der Waals surface area (Å²) in [6.07, 6.45) is 2.42. The Labute approximate surface area is 153 Å². The van der Waals surface area contributed by atoms with Gasteiger partial charge in [0, 0.05) is 5.56 Å². The molecule has 1 N–H and O–H groups in total. The second-order valence-electron chi connectivity index (χ2n) is 7.87. The fourth-order valence-corrected chi connectivity index (χ4v) is 9.41. The van der Waals surface area contributed by atoms with Crippen LogP contribution in [0.3, 0.4) is 0 Å². The molecule has 0 radical (unpaired) electrons. The van der Waals surface area contributed by atoms with Crippen molar-refractivity contribution in [3.63, 3.8) is 0 Å². The second kappa shape index (κ2) is 8.01. The van der Waals surface area contributed by atoms with E-state index in [1.165, 1.54) is 0 Å². The van der Waals surface area contributed by atoms with Crippen molar-refractivity contribution in [1.82, 2.24) is 5.43 Å². The Balaban J connectivity index is 2.38. The van der Waals surface area contributed by atoms with Crippen LogP contribution in [0.4, 0.5) is 0 Å². The van der Waals surface area contributed by atoms with E-state index in [0.717, 1.165) is 5.56 Å². The standard InChI is InChI=1S/C21H30N2OSi/c1-16(2)25(17(3)4,18(5)6)13-12-20-14-21(24)22-23(20)15-19-10-8-7-9-11-19/h7-11,15-18,20H,14H2,1-6H3/p+1/b23-15-. The zero-order chi connectivity index (χ0) is 18.6. The maximum atomic E-state index is 12.0. The zero-order valence-electron chi connectivity index (χ0n) is 16.3. The maximum absolute atomic E-state index is 12.0. The molecule has 0 saturated carbocycles. The minimum Gasteiger partial charge on any atom is -0.269 e. The van der Waals surface area contributed by atoms with Gasteiger partial charge in [-0.05, 0) is 34.7 Å². The van der Waals surface area contributed by atoms with Crippen LogP contribution >= 0.6 is 0 Å². The van der Waals surface area contributed by atoms with Crippen molar-refractivity contribution in [3.05, 3.63) is 35.9 Å². The van der Waals surface area contributed by atoms with Crippen LogP contribution < -0.4 is 5.43 Å². The summed E-state index contributed by atoms with van der Waals surface area (Å²) in [7, 11) is -1.78. The summed E-state index contributed by atoms with van der Waals surface area (Å²) < 4.78 is 1.88. The largest absolute Gasteiger partial charge is 0.282 e. The van der Waals surface area contributed by atoms with Gasteiger partial charge in [-0.15, -0.1) is 11.0 Å². The third kappa shape index (κ3) is 4.22. The summed E-state index contributed by atoms with van der Waals surface area (Å²) in [4.78, 5) is 12.0. The first-order chi connectivity index (χ1) is 11.8. The molecular formula is C21H31N2OSi+. The number of nitrogens with zero attached hydrogens (tertiary/aromatic N) is 1. The number of hydrogen-bond donors (Lipinski definition) is 1. The SMILES string of the molecule is CC(C)[Si](C#CC1CC(=O)N/[N+]1=C\c1ccccc1)(C(C)C)C(C)C. The summed E-state index contributed by atoms with van der Waals surface area (Å²) in [6, 6.07) is 9.97. The third-order valence-corrected chi connectivity index (χ3v) is 11.7. The predicted octanol–water partition coefficient (Wildman–Crippen LogP) is 4.14. The van der Waals surface area contributed by atoms with Gasteiger partial charge in [-0.3, -0.25) is 4.79 Å². The number of rotatable bonds is 4. The monoisotopic (exact) mass is 355 g/mol. The molecule has 134 valence electrons. The molecule has 0 aromatic heterocycles. The van der Waals surface area contributed by atoms with E-state index in [1.54, 1.807) is 0 Å². The Morgan fingerprint density at radius 2 is 1.64 bits per heavy atom.